The lowest BCUT2D eigenvalue weighted by atomic mass is 9.85. The highest BCUT2D eigenvalue weighted by Crippen LogP contribution is 2.35. The van der Waals surface area contributed by atoms with Gasteiger partial charge in [0.2, 0.25) is 23.6 Å². The van der Waals surface area contributed by atoms with E-state index < -0.39 is 6.04 Å². The summed E-state index contributed by atoms with van der Waals surface area (Å²) in [5, 5.41) is 3.61. The van der Waals surface area contributed by atoms with Crippen molar-refractivity contribution < 1.29 is 19.2 Å². The van der Waals surface area contributed by atoms with Gasteiger partial charge in [0, 0.05) is 26.1 Å². The number of fused-ring (bicyclic) bond motifs is 1. The van der Waals surface area contributed by atoms with Gasteiger partial charge < -0.3 is 10.2 Å². The summed E-state index contributed by atoms with van der Waals surface area (Å²) in [5.41, 5.74) is 0.719. The van der Waals surface area contributed by atoms with Crippen LogP contribution in [0.3, 0.4) is 0 Å². The number of benzene rings is 1. The minimum absolute atomic E-state index is 0.00169. The van der Waals surface area contributed by atoms with E-state index >= 15 is 0 Å². The van der Waals surface area contributed by atoms with Crippen molar-refractivity contribution in [1.82, 2.24) is 15.1 Å². The molecular formula is C25H31Cl2N3O4. The smallest absolute Gasteiger partial charge is 0.242 e. The normalized spacial score (nSPS) is 20.5. The number of nitrogens with zero attached hydrogens (tertiary/aromatic N) is 2. The first-order valence-corrected chi connectivity index (χ1v) is 12.4. The van der Waals surface area contributed by atoms with Crippen LogP contribution < -0.4 is 5.32 Å². The molecular weight excluding hydrogens is 477 g/mol. The molecule has 1 aromatic carbocycles. The van der Waals surface area contributed by atoms with Crippen LogP contribution in [-0.4, -0.2) is 52.6 Å². The van der Waals surface area contributed by atoms with Crippen LogP contribution in [0.25, 0.3) is 0 Å². The van der Waals surface area contributed by atoms with Crippen molar-refractivity contribution in [3.8, 4) is 0 Å². The highest BCUT2D eigenvalue weighted by Gasteiger charge is 2.47. The van der Waals surface area contributed by atoms with Gasteiger partial charge in [0.15, 0.2) is 0 Å². The van der Waals surface area contributed by atoms with Gasteiger partial charge in [-0.1, -0.05) is 55.3 Å². The Morgan fingerprint density at radius 2 is 1.68 bits per heavy atom. The number of allylic oxidation sites excluding steroid dienone is 2. The van der Waals surface area contributed by atoms with Crippen LogP contribution in [0, 0.1) is 17.8 Å². The fourth-order valence-corrected chi connectivity index (χ4v) is 4.63. The number of hydrogen-bond donors (Lipinski definition) is 1. The van der Waals surface area contributed by atoms with Gasteiger partial charge in [-0.05, 0) is 43.4 Å². The van der Waals surface area contributed by atoms with Gasteiger partial charge in [-0.15, -0.1) is 0 Å². The second-order valence-corrected chi connectivity index (χ2v) is 10.1. The lowest BCUT2D eigenvalue weighted by molar-refractivity contribution is -0.143. The summed E-state index contributed by atoms with van der Waals surface area (Å²) in [6, 6.07) is 4.30. The molecule has 1 N–H and O–H groups in total. The lowest BCUT2D eigenvalue weighted by Crippen LogP contribution is -2.49. The number of carbonyl (C=O) groups is 4. The monoisotopic (exact) mass is 507 g/mol. The molecule has 0 radical (unpaired) electrons. The Kier molecular flexibility index (Phi) is 8.77. The number of amides is 4. The van der Waals surface area contributed by atoms with Crippen LogP contribution in [0.1, 0.15) is 45.6 Å². The third kappa shape index (κ3) is 5.99. The predicted molar refractivity (Wildman–Crippen MR) is 131 cm³/mol. The molecule has 3 rings (SSSR count). The van der Waals surface area contributed by atoms with Crippen molar-refractivity contribution in [2.24, 2.45) is 17.8 Å². The molecule has 1 heterocycles. The summed E-state index contributed by atoms with van der Waals surface area (Å²) in [6.45, 7) is 6.27. The van der Waals surface area contributed by atoms with Gasteiger partial charge in [-0.2, -0.15) is 0 Å². The third-order valence-corrected chi connectivity index (χ3v) is 7.08. The molecule has 2 aliphatic rings. The Labute approximate surface area is 210 Å². The Morgan fingerprint density at radius 1 is 1.06 bits per heavy atom. The molecule has 0 aromatic heterocycles. The number of rotatable bonds is 9. The standard InChI is InChI=1S/C25H31Cl2N3O4/c1-15(2)13-28-23(32)16(3)30(14-17-8-9-20(26)21(27)12-17)22(31)10-11-29-24(33)18-6-4-5-7-19(18)25(29)34/h4-5,8-9,12,15-16,18-19H,6-7,10-11,13-14H2,1-3H3,(H,28,32)/t16?,18-,19+. The molecule has 1 unspecified atom stereocenters. The van der Waals surface area contributed by atoms with Crippen molar-refractivity contribution in [3.05, 3.63) is 46.0 Å². The van der Waals surface area contributed by atoms with E-state index in [4.69, 9.17) is 23.2 Å². The number of halogens is 2. The zero-order valence-electron chi connectivity index (χ0n) is 19.7. The average Bonchev–Trinajstić information content (AvgIpc) is 3.05. The minimum atomic E-state index is -0.752. The van der Waals surface area contributed by atoms with Gasteiger partial charge in [0.25, 0.3) is 0 Å². The molecule has 184 valence electrons. The second kappa shape index (κ2) is 11.4. The first-order valence-electron chi connectivity index (χ1n) is 11.6. The summed E-state index contributed by atoms with van der Waals surface area (Å²) in [4.78, 5) is 54.2. The first-order chi connectivity index (χ1) is 16.1. The zero-order valence-corrected chi connectivity index (χ0v) is 21.2. The van der Waals surface area contributed by atoms with Crippen molar-refractivity contribution in [3.63, 3.8) is 0 Å². The van der Waals surface area contributed by atoms with Crippen LogP contribution in [0.2, 0.25) is 10.0 Å². The first kappa shape index (κ1) is 26.2. The summed E-state index contributed by atoms with van der Waals surface area (Å²) in [5.74, 6) is -1.43. The summed E-state index contributed by atoms with van der Waals surface area (Å²) < 4.78 is 0. The molecule has 1 aliphatic carbocycles. The van der Waals surface area contributed by atoms with E-state index in [0.717, 1.165) is 5.56 Å². The van der Waals surface area contributed by atoms with Gasteiger partial charge in [-0.25, -0.2) is 0 Å². The number of imide groups is 1. The Balaban J connectivity index is 1.73. The molecule has 1 aliphatic heterocycles. The Hall–Kier alpha value is -2.38. The van der Waals surface area contributed by atoms with Gasteiger partial charge in [-0.3, -0.25) is 24.1 Å². The highest BCUT2D eigenvalue weighted by atomic mass is 35.5. The summed E-state index contributed by atoms with van der Waals surface area (Å²) >= 11 is 12.2. The molecule has 0 bridgehead atoms. The van der Waals surface area contributed by atoms with Crippen molar-refractivity contribution >= 4 is 46.8 Å². The van der Waals surface area contributed by atoms with Gasteiger partial charge in [0.1, 0.15) is 6.04 Å². The van der Waals surface area contributed by atoms with Crippen LogP contribution in [0.5, 0.6) is 0 Å². The molecule has 9 heteroatoms. The fraction of sp³-hybridized carbons (Fsp3) is 0.520. The molecule has 1 aromatic rings. The maximum atomic E-state index is 13.3. The van der Waals surface area contributed by atoms with E-state index in [0.29, 0.717) is 29.4 Å². The van der Waals surface area contributed by atoms with Crippen LogP contribution in [0.4, 0.5) is 0 Å². The third-order valence-electron chi connectivity index (χ3n) is 6.34. The largest absolute Gasteiger partial charge is 0.354 e. The van der Waals surface area contributed by atoms with Gasteiger partial charge >= 0.3 is 0 Å². The molecule has 0 spiro atoms. The van der Waals surface area contributed by atoms with Crippen LogP contribution in [0.15, 0.2) is 30.4 Å². The number of nitrogens with one attached hydrogen (secondary N) is 1. The van der Waals surface area contributed by atoms with E-state index in [2.05, 4.69) is 5.32 Å². The predicted octanol–water partition coefficient (Wildman–Crippen LogP) is 3.82. The molecule has 1 saturated heterocycles. The number of carbonyl (C=O) groups excluding carboxylic acids is 4. The molecule has 34 heavy (non-hydrogen) atoms. The van der Waals surface area contributed by atoms with Gasteiger partial charge in [0.05, 0.1) is 21.9 Å². The second-order valence-electron chi connectivity index (χ2n) is 9.32. The summed E-state index contributed by atoms with van der Waals surface area (Å²) in [7, 11) is 0. The Bertz CT molecular complexity index is 968. The van der Waals surface area contributed by atoms with E-state index in [1.165, 1.54) is 9.80 Å². The Morgan fingerprint density at radius 3 is 2.24 bits per heavy atom. The molecule has 4 amide bonds. The molecule has 1 fully saturated rings. The SMILES string of the molecule is CC(C)CNC(=O)C(C)N(Cc1ccc(Cl)c(Cl)c1)C(=O)CCN1C(=O)[C@H]2CC=CC[C@H]2C1=O. The van der Waals surface area contributed by atoms with E-state index in [1.807, 2.05) is 26.0 Å². The van der Waals surface area contributed by atoms with Crippen molar-refractivity contribution in [2.45, 2.75) is 52.6 Å². The topological polar surface area (TPSA) is 86.8 Å². The van der Waals surface area contributed by atoms with Crippen molar-refractivity contribution in [2.75, 3.05) is 13.1 Å². The zero-order chi connectivity index (χ0) is 25.0. The molecule has 7 nitrogen and oxygen atoms in total. The number of likely N-dealkylation sites (tertiary alicyclic amines) is 1. The maximum Gasteiger partial charge on any atom is 0.242 e. The molecule has 0 saturated carbocycles. The highest BCUT2D eigenvalue weighted by molar-refractivity contribution is 6.42. The van der Waals surface area contributed by atoms with E-state index in [1.54, 1.807) is 25.1 Å². The van der Waals surface area contributed by atoms with Crippen molar-refractivity contribution in [1.29, 1.82) is 0 Å². The van der Waals surface area contributed by atoms with E-state index in [-0.39, 0.29) is 60.9 Å². The maximum absolute atomic E-state index is 13.3. The molecule has 3 atom stereocenters. The summed E-state index contributed by atoms with van der Waals surface area (Å²) in [6.07, 6.45) is 4.90. The quantitative estimate of drug-likeness (QED) is 0.406. The van der Waals surface area contributed by atoms with Crippen LogP contribution >= 0.6 is 23.2 Å². The minimum Gasteiger partial charge on any atom is -0.354 e. The lowest BCUT2D eigenvalue weighted by Gasteiger charge is -2.29. The fourth-order valence-electron chi connectivity index (χ4n) is 4.31. The van der Waals surface area contributed by atoms with E-state index in [9.17, 15) is 19.2 Å². The number of hydrogen-bond acceptors (Lipinski definition) is 4. The van der Waals surface area contributed by atoms with Crippen LogP contribution in [-0.2, 0) is 25.7 Å². The average molecular weight is 508 g/mol.